The molecule has 0 saturated carbocycles. The van der Waals surface area contributed by atoms with Crippen LogP contribution < -0.4 is 10.6 Å². The van der Waals surface area contributed by atoms with E-state index in [0.717, 1.165) is 17.5 Å². The lowest BCUT2D eigenvalue weighted by Crippen LogP contribution is -2.39. The number of hydrogen-bond donors (Lipinski definition) is 2. The minimum Gasteiger partial charge on any atom is -0.382 e. The average molecular weight is 428 g/mol. The molecule has 0 unspecified atom stereocenters. The minimum absolute atomic E-state index is 0. The molecule has 0 aliphatic heterocycles. The predicted octanol–water partition coefficient (Wildman–Crippen LogP) is 1.79. The van der Waals surface area contributed by atoms with Gasteiger partial charge in [0, 0.05) is 31.3 Å². The molecule has 0 saturated heterocycles. The smallest absolute Gasteiger partial charge is 0.191 e. The van der Waals surface area contributed by atoms with Gasteiger partial charge in [0.2, 0.25) is 0 Å². The Morgan fingerprint density at radius 1 is 1.33 bits per heavy atom. The number of guanidine groups is 1. The minimum atomic E-state index is 0. The van der Waals surface area contributed by atoms with Gasteiger partial charge in [0.1, 0.15) is 5.01 Å². The summed E-state index contributed by atoms with van der Waals surface area (Å²) in [4.78, 5) is 10.00. The van der Waals surface area contributed by atoms with Gasteiger partial charge in [0.15, 0.2) is 5.96 Å². The zero-order valence-electron chi connectivity index (χ0n) is 12.8. The van der Waals surface area contributed by atoms with Crippen molar-refractivity contribution in [1.29, 1.82) is 0 Å². The number of aromatic nitrogens is 1. The molecule has 0 bridgehead atoms. The van der Waals surface area contributed by atoms with E-state index in [4.69, 9.17) is 9.47 Å². The molecule has 1 aromatic rings. The highest BCUT2D eigenvalue weighted by atomic mass is 127. The third kappa shape index (κ3) is 9.99. The Balaban J connectivity index is 0.00000400. The molecular weight excluding hydrogens is 403 g/mol. The van der Waals surface area contributed by atoms with Crippen molar-refractivity contribution in [2.24, 2.45) is 4.99 Å². The van der Waals surface area contributed by atoms with E-state index in [1.807, 2.05) is 20.0 Å². The number of aliphatic imine (C=N–C) groups is 1. The maximum atomic E-state index is 5.39. The van der Waals surface area contributed by atoms with Crippen molar-refractivity contribution in [3.05, 3.63) is 16.1 Å². The second kappa shape index (κ2) is 13.2. The first kappa shape index (κ1) is 20.6. The van der Waals surface area contributed by atoms with Crippen LogP contribution in [0.15, 0.2) is 11.2 Å². The summed E-state index contributed by atoms with van der Waals surface area (Å²) in [5.74, 6) is 0.788. The molecule has 6 nitrogen and oxygen atoms in total. The molecule has 21 heavy (non-hydrogen) atoms. The van der Waals surface area contributed by atoms with Gasteiger partial charge in [-0.05, 0) is 13.8 Å². The van der Waals surface area contributed by atoms with Gasteiger partial charge in [-0.2, -0.15) is 0 Å². The van der Waals surface area contributed by atoms with Crippen LogP contribution in [-0.4, -0.2) is 51.0 Å². The lowest BCUT2D eigenvalue weighted by Gasteiger charge is -2.11. The van der Waals surface area contributed by atoms with Gasteiger partial charge in [-0.3, -0.25) is 0 Å². The average Bonchev–Trinajstić information content (AvgIpc) is 2.85. The fourth-order valence-electron chi connectivity index (χ4n) is 1.45. The lowest BCUT2D eigenvalue weighted by atomic mass is 10.6. The summed E-state index contributed by atoms with van der Waals surface area (Å²) in [7, 11) is 1.66. The molecule has 0 aliphatic rings. The van der Waals surface area contributed by atoms with Crippen molar-refractivity contribution in [2.75, 3.05) is 40.0 Å². The topological polar surface area (TPSA) is 67.8 Å². The highest BCUT2D eigenvalue weighted by Gasteiger charge is 2.00. The first-order valence-electron chi connectivity index (χ1n) is 6.76. The molecule has 0 atom stereocenters. The Morgan fingerprint density at radius 2 is 2.14 bits per heavy atom. The first-order valence-corrected chi connectivity index (χ1v) is 7.58. The summed E-state index contributed by atoms with van der Waals surface area (Å²) in [6.07, 6.45) is 1.87. The molecular formula is C13H25IN4O2S. The zero-order valence-corrected chi connectivity index (χ0v) is 16.0. The van der Waals surface area contributed by atoms with Crippen molar-refractivity contribution in [1.82, 2.24) is 15.6 Å². The quantitative estimate of drug-likeness (QED) is 0.272. The van der Waals surface area contributed by atoms with Gasteiger partial charge in [0.05, 0.1) is 26.4 Å². The molecule has 0 radical (unpaired) electrons. The van der Waals surface area contributed by atoms with E-state index in [0.29, 0.717) is 32.9 Å². The highest BCUT2D eigenvalue weighted by molar-refractivity contribution is 14.0. The summed E-state index contributed by atoms with van der Waals surface area (Å²) in [5, 5.41) is 7.45. The monoisotopic (exact) mass is 428 g/mol. The third-order valence-electron chi connectivity index (χ3n) is 2.36. The Kier molecular flexibility index (Phi) is 12.9. The maximum absolute atomic E-state index is 5.39. The second-order valence-electron chi connectivity index (χ2n) is 4.09. The standard InChI is InChI=1S/C13H24N4O2S.HI/c1-4-14-13(15-5-6-19-8-7-18-3)17-10-12-16-9-11(2)20-12;/h9H,4-8,10H2,1-3H3,(H2,14,15,17);1H. The van der Waals surface area contributed by atoms with E-state index in [-0.39, 0.29) is 24.0 Å². The number of nitrogens with zero attached hydrogens (tertiary/aromatic N) is 2. The number of ether oxygens (including phenoxy) is 2. The molecule has 0 fully saturated rings. The van der Waals surface area contributed by atoms with Crippen molar-refractivity contribution in [3.63, 3.8) is 0 Å². The molecule has 0 amide bonds. The van der Waals surface area contributed by atoms with Gasteiger partial charge < -0.3 is 20.1 Å². The van der Waals surface area contributed by atoms with E-state index in [1.54, 1.807) is 18.4 Å². The fourth-order valence-corrected chi connectivity index (χ4v) is 2.16. The molecule has 0 aromatic carbocycles. The normalized spacial score (nSPS) is 11.1. The first-order chi connectivity index (χ1) is 9.76. The SMILES string of the molecule is CCNC(=NCc1ncc(C)s1)NCCOCCOC.I. The van der Waals surface area contributed by atoms with E-state index < -0.39 is 0 Å². The van der Waals surface area contributed by atoms with Gasteiger partial charge in [0.25, 0.3) is 0 Å². The number of aryl methyl sites for hydroxylation is 1. The number of halogens is 1. The van der Waals surface area contributed by atoms with Crippen molar-refractivity contribution in [3.8, 4) is 0 Å². The molecule has 1 rings (SSSR count). The summed E-state index contributed by atoms with van der Waals surface area (Å²) < 4.78 is 10.3. The Bertz CT molecular complexity index is 401. The van der Waals surface area contributed by atoms with Crippen molar-refractivity contribution in [2.45, 2.75) is 20.4 Å². The zero-order chi connectivity index (χ0) is 14.6. The van der Waals surface area contributed by atoms with Crippen LogP contribution in [0.2, 0.25) is 0 Å². The number of hydrogen-bond acceptors (Lipinski definition) is 5. The third-order valence-corrected chi connectivity index (χ3v) is 3.25. The maximum Gasteiger partial charge on any atom is 0.191 e. The van der Waals surface area contributed by atoms with E-state index in [1.165, 1.54) is 4.88 Å². The summed E-state index contributed by atoms with van der Waals surface area (Å²) in [6.45, 7) is 8.09. The van der Waals surface area contributed by atoms with E-state index >= 15 is 0 Å². The number of rotatable bonds is 9. The molecule has 2 N–H and O–H groups in total. The predicted molar refractivity (Wildman–Crippen MR) is 97.8 cm³/mol. The molecule has 1 heterocycles. The van der Waals surface area contributed by atoms with Crippen LogP contribution in [0.25, 0.3) is 0 Å². The summed E-state index contributed by atoms with van der Waals surface area (Å²) in [5.41, 5.74) is 0. The number of thiazole rings is 1. The van der Waals surface area contributed by atoms with Gasteiger partial charge in [-0.1, -0.05) is 0 Å². The van der Waals surface area contributed by atoms with Crippen LogP contribution in [-0.2, 0) is 16.0 Å². The van der Waals surface area contributed by atoms with Crippen LogP contribution in [0.4, 0.5) is 0 Å². The molecule has 1 aromatic heterocycles. The van der Waals surface area contributed by atoms with E-state index in [9.17, 15) is 0 Å². The Morgan fingerprint density at radius 3 is 2.76 bits per heavy atom. The van der Waals surface area contributed by atoms with Crippen LogP contribution in [0, 0.1) is 6.92 Å². The van der Waals surface area contributed by atoms with Crippen LogP contribution >= 0.6 is 35.3 Å². The van der Waals surface area contributed by atoms with Gasteiger partial charge in [-0.15, -0.1) is 35.3 Å². The molecule has 122 valence electrons. The van der Waals surface area contributed by atoms with Crippen LogP contribution in [0.5, 0.6) is 0 Å². The summed E-state index contributed by atoms with van der Waals surface area (Å²) >= 11 is 1.67. The van der Waals surface area contributed by atoms with Crippen LogP contribution in [0.1, 0.15) is 16.8 Å². The van der Waals surface area contributed by atoms with Gasteiger partial charge in [-0.25, -0.2) is 9.98 Å². The van der Waals surface area contributed by atoms with Crippen molar-refractivity contribution >= 4 is 41.3 Å². The largest absolute Gasteiger partial charge is 0.382 e. The van der Waals surface area contributed by atoms with Crippen molar-refractivity contribution < 1.29 is 9.47 Å². The highest BCUT2D eigenvalue weighted by Crippen LogP contribution is 2.11. The fraction of sp³-hybridized carbons (Fsp3) is 0.692. The molecule has 0 spiro atoms. The van der Waals surface area contributed by atoms with Crippen LogP contribution in [0.3, 0.4) is 0 Å². The van der Waals surface area contributed by atoms with Gasteiger partial charge >= 0.3 is 0 Å². The van der Waals surface area contributed by atoms with E-state index in [2.05, 4.69) is 20.6 Å². The second-order valence-corrected chi connectivity index (χ2v) is 5.41. The number of nitrogens with one attached hydrogen (secondary N) is 2. The molecule has 8 heteroatoms. The summed E-state index contributed by atoms with van der Waals surface area (Å²) in [6, 6.07) is 0. The Hall–Kier alpha value is -0.450. The number of methoxy groups -OCH3 is 1. The lowest BCUT2D eigenvalue weighted by molar-refractivity contribution is 0.0733. The molecule has 0 aliphatic carbocycles. The Labute approximate surface area is 147 Å².